The van der Waals surface area contributed by atoms with Crippen LogP contribution in [0.1, 0.15) is 5.56 Å². The molecule has 0 atom stereocenters. The summed E-state index contributed by atoms with van der Waals surface area (Å²) in [5, 5.41) is 1.96. The zero-order valence-electron chi connectivity index (χ0n) is 12.9. The maximum Gasteiger partial charge on any atom is 0.240 e. The van der Waals surface area contributed by atoms with Gasteiger partial charge in [-0.15, -0.1) is 11.3 Å². The van der Waals surface area contributed by atoms with Gasteiger partial charge in [0.25, 0.3) is 0 Å². The lowest BCUT2D eigenvalue weighted by atomic mass is 10.1. The molecule has 5 heteroatoms. The molecule has 4 aromatic rings. The van der Waals surface area contributed by atoms with Gasteiger partial charge in [-0.3, -0.25) is 0 Å². The number of benzene rings is 2. The largest absolute Gasteiger partial charge is 0.437 e. The van der Waals surface area contributed by atoms with Gasteiger partial charge >= 0.3 is 0 Å². The predicted octanol–water partition coefficient (Wildman–Crippen LogP) is 5.60. The molecule has 0 saturated heterocycles. The van der Waals surface area contributed by atoms with Crippen LogP contribution in [-0.2, 0) is 0 Å². The second-order valence-corrected chi connectivity index (χ2v) is 6.33. The number of nitrogens with zero attached hydrogens (tertiary/aromatic N) is 2. The molecule has 0 unspecified atom stereocenters. The first kappa shape index (κ1) is 14.8. The Hall–Kier alpha value is -2.79. The number of thiophene rings is 1. The molecule has 0 radical (unpaired) electrons. The van der Waals surface area contributed by atoms with E-state index in [0.717, 1.165) is 21.3 Å². The molecule has 0 aliphatic carbocycles. The van der Waals surface area contributed by atoms with Crippen LogP contribution in [0.5, 0.6) is 11.6 Å². The van der Waals surface area contributed by atoms with Gasteiger partial charge in [-0.2, -0.15) is 4.98 Å². The summed E-state index contributed by atoms with van der Waals surface area (Å²) >= 11 is 1.52. The molecule has 0 amide bonds. The standard InChI is InChI=1S/C19H13FN2OS/c1-12-3-2-4-13(11-12)18-21-16-9-10-24-17(16)19(22-18)23-15-7-5-14(20)6-8-15/h2-11H,1H3. The first-order valence-electron chi connectivity index (χ1n) is 7.45. The van der Waals surface area contributed by atoms with E-state index in [1.165, 1.54) is 23.5 Å². The van der Waals surface area contributed by atoms with Gasteiger partial charge in [0.05, 0.1) is 5.52 Å². The van der Waals surface area contributed by atoms with Crippen molar-refractivity contribution in [3.05, 3.63) is 71.4 Å². The topological polar surface area (TPSA) is 35.0 Å². The van der Waals surface area contributed by atoms with Crippen LogP contribution in [0.3, 0.4) is 0 Å². The summed E-state index contributed by atoms with van der Waals surface area (Å²) in [7, 11) is 0. The van der Waals surface area contributed by atoms with Crippen molar-refractivity contribution >= 4 is 21.6 Å². The van der Waals surface area contributed by atoms with Gasteiger partial charge in [0.1, 0.15) is 16.3 Å². The maximum absolute atomic E-state index is 13.1. The number of aryl methyl sites for hydroxylation is 1. The molecule has 0 spiro atoms. The highest BCUT2D eigenvalue weighted by molar-refractivity contribution is 7.17. The summed E-state index contributed by atoms with van der Waals surface area (Å²) in [6, 6.07) is 15.9. The molecule has 0 N–H and O–H groups in total. The van der Waals surface area contributed by atoms with E-state index in [2.05, 4.69) is 9.97 Å². The Bertz CT molecular complexity index is 1010. The molecular formula is C19H13FN2OS. The van der Waals surface area contributed by atoms with Crippen LogP contribution in [0.2, 0.25) is 0 Å². The summed E-state index contributed by atoms with van der Waals surface area (Å²) in [5.74, 6) is 1.34. The molecule has 0 aliphatic heterocycles. The Balaban J connectivity index is 1.82. The van der Waals surface area contributed by atoms with Gasteiger partial charge in [0.15, 0.2) is 5.82 Å². The highest BCUT2D eigenvalue weighted by atomic mass is 32.1. The van der Waals surface area contributed by atoms with Crippen molar-refractivity contribution in [2.75, 3.05) is 0 Å². The van der Waals surface area contributed by atoms with E-state index in [1.807, 2.05) is 42.6 Å². The van der Waals surface area contributed by atoms with Gasteiger partial charge in [-0.05, 0) is 48.7 Å². The minimum atomic E-state index is -0.299. The fraction of sp³-hybridized carbons (Fsp3) is 0.0526. The van der Waals surface area contributed by atoms with E-state index in [-0.39, 0.29) is 5.82 Å². The van der Waals surface area contributed by atoms with Crippen LogP contribution in [0.25, 0.3) is 21.6 Å². The molecule has 118 valence electrons. The first-order chi connectivity index (χ1) is 11.7. The third-order valence-electron chi connectivity index (χ3n) is 3.58. The minimum Gasteiger partial charge on any atom is -0.437 e. The third-order valence-corrected chi connectivity index (χ3v) is 4.47. The summed E-state index contributed by atoms with van der Waals surface area (Å²) in [5.41, 5.74) is 2.91. The Morgan fingerprint density at radius 3 is 2.62 bits per heavy atom. The summed E-state index contributed by atoms with van der Waals surface area (Å²) in [6.45, 7) is 2.03. The zero-order valence-corrected chi connectivity index (χ0v) is 13.7. The average Bonchev–Trinajstić information content (AvgIpc) is 3.06. The molecule has 0 fully saturated rings. The van der Waals surface area contributed by atoms with Crippen molar-refractivity contribution in [3.8, 4) is 23.0 Å². The van der Waals surface area contributed by atoms with Crippen molar-refractivity contribution in [2.45, 2.75) is 6.92 Å². The van der Waals surface area contributed by atoms with E-state index in [0.29, 0.717) is 17.5 Å². The van der Waals surface area contributed by atoms with E-state index in [4.69, 9.17) is 4.74 Å². The summed E-state index contributed by atoms with van der Waals surface area (Å²) in [6.07, 6.45) is 0. The molecular weight excluding hydrogens is 323 g/mol. The van der Waals surface area contributed by atoms with Gasteiger partial charge in [0.2, 0.25) is 5.88 Å². The van der Waals surface area contributed by atoms with Gasteiger partial charge in [-0.25, -0.2) is 9.37 Å². The van der Waals surface area contributed by atoms with Crippen LogP contribution in [0.4, 0.5) is 4.39 Å². The maximum atomic E-state index is 13.1. The molecule has 2 aromatic heterocycles. The summed E-state index contributed by atoms with van der Waals surface area (Å²) in [4.78, 5) is 9.21. The fourth-order valence-electron chi connectivity index (χ4n) is 2.43. The van der Waals surface area contributed by atoms with Crippen molar-refractivity contribution in [2.24, 2.45) is 0 Å². The molecule has 3 nitrogen and oxygen atoms in total. The third kappa shape index (κ3) is 2.86. The highest BCUT2D eigenvalue weighted by Gasteiger charge is 2.13. The smallest absolute Gasteiger partial charge is 0.240 e. The lowest BCUT2D eigenvalue weighted by molar-refractivity contribution is 0.468. The van der Waals surface area contributed by atoms with Gasteiger partial charge in [-0.1, -0.05) is 23.8 Å². The highest BCUT2D eigenvalue weighted by Crippen LogP contribution is 2.33. The Morgan fingerprint density at radius 2 is 1.83 bits per heavy atom. The van der Waals surface area contributed by atoms with Gasteiger partial charge in [0, 0.05) is 5.56 Å². The van der Waals surface area contributed by atoms with E-state index in [1.54, 1.807) is 12.1 Å². The zero-order chi connectivity index (χ0) is 16.5. The van der Waals surface area contributed by atoms with E-state index in [9.17, 15) is 4.39 Å². The van der Waals surface area contributed by atoms with Crippen molar-refractivity contribution < 1.29 is 9.13 Å². The number of rotatable bonds is 3. The average molecular weight is 336 g/mol. The van der Waals surface area contributed by atoms with Crippen molar-refractivity contribution in [1.82, 2.24) is 9.97 Å². The fourth-order valence-corrected chi connectivity index (χ4v) is 3.19. The van der Waals surface area contributed by atoms with E-state index >= 15 is 0 Å². The molecule has 0 bridgehead atoms. The van der Waals surface area contributed by atoms with Gasteiger partial charge < -0.3 is 4.74 Å². The Labute approximate surface area is 142 Å². The van der Waals surface area contributed by atoms with Crippen LogP contribution in [-0.4, -0.2) is 9.97 Å². The minimum absolute atomic E-state index is 0.299. The molecule has 24 heavy (non-hydrogen) atoms. The number of hydrogen-bond donors (Lipinski definition) is 0. The monoisotopic (exact) mass is 336 g/mol. The predicted molar refractivity (Wildman–Crippen MR) is 94.1 cm³/mol. The number of fused-ring (bicyclic) bond motifs is 1. The van der Waals surface area contributed by atoms with Crippen LogP contribution in [0, 0.1) is 12.7 Å². The van der Waals surface area contributed by atoms with Crippen LogP contribution >= 0.6 is 11.3 Å². The number of ether oxygens (including phenoxy) is 1. The number of aromatic nitrogens is 2. The van der Waals surface area contributed by atoms with Crippen molar-refractivity contribution in [1.29, 1.82) is 0 Å². The lowest BCUT2D eigenvalue weighted by Crippen LogP contribution is -1.94. The first-order valence-corrected chi connectivity index (χ1v) is 8.33. The van der Waals surface area contributed by atoms with E-state index < -0.39 is 0 Å². The second-order valence-electron chi connectivity index (χ2n) is 5.41. The molecule has 2 aromatic carbocycles. The van der Waals surface area contributed by atoms with Crippen LogP contribution in [0.15, 0.2) is 60.0 Å². The SMILES string of the molecule is Cc1cccc(-c2nc(Oc3ccc(F)cc3)c3sccc3n2)c1. The number of hydrogen-bond acceptors (Lipinski definition) is 4. The number of halogens is 1. The molecule has 0 saturated carbocycles. The lowest BCUT2D eigenvalue weighted by Gasteiger charge is -2.08. The Kier molecular flexibility index (Phi) is 3.70. The molecule has 0 aliphatic rings. The Morgan fingerprint density at radius 1 is 1.00 bits per heavy atom. The van der Waals surface area contributed by atoms with Crippen LogP contribution < -0.4 is 4.74 Å². The molecule has 2 heterocycles. The second kappa shape index (κ2) is 6.02. The quantitative estimate of drug-likeness (QED) is 0.488. The normalized spacial score (nSPS) is 10.9. The molecule has 4 rings (SSSR count). The summed E-state index contributed by atoms with van der Waals surface area (Å²) < 4.78 is 19.8. The van der Waals surface area contributed by atoms with Crippen molar-refractivity contribution in [3.63, 3.8) is 0 Å².